The van der Waals surface area contributed by atoms with Gasteiger partial charge in [-0.2, -0.15) is 0 Å². The molecule has 1 aromatic carbocycles. The minimum atomic E-state index is -0.0910. The molecule has 5 nitrogen and oxygen atoms in total. The molecule has 0 radical (unpaired) electrons. The number of aliphatic imine (C=N–C) groups is 2. The van der Waals surface area contributed by atoms with Gasteiger partial charge in [0.05, 0.1) is 23.2 Å². The van der Waals surface area contributed by atoms with Crippen molar-refractivity contribution in [3.63, 3.8) is 0 Å². The Morgan fingerprint density at radius 2 is 2.05 bits per heavy atom. The molecule has 1 aliphatic rings. The van der Waals surface area contributed by atoms with Gasteiger partial charge in [0.2, 0.25) is 0 Å². The van der Waals surface area contributed by atoms with E-state index in [2.05, 4.69) is 15.1 Å². The summed E-state index contributed by atoms with van der Waals surface area (Å²) in [4.78, 5) is 20.3. The van der Waals surface area contributed by atoms with Gasteiger partial charge in [0.25, 0.3) is 5.56 Å². The van der Waals surface area contributed by atoms with Gasteiger partial charge in [0.15, 0.2) is 0 Å². The standard InChI is InChI=1S/C14H12N4O/c1-10-13(7-11-8-15-9-16-11)14(19)18(17-10)12-5-3-2-4-6-12/h2-9,17H,1H3. The molecule has 0 aliphatic carbocycles. The Morgan fingerprint density at radius 1 is 1.26 bits per heavy atom. The summed E-state index contributed by atoms with van der Waals surface area (Å²) in [6.07, 6.45) is 4.82. The van der Waals surface area contributed by atoms with Gasteiger partial charge in [-0.1, -0.05) is 18.2 Å². The highest BCUT2D eigenvalue weighted by molar-refractivity contribution is 5.95. The number of para-hydroxylation sites is 1. The third-order valence-corrected chi connectivity index (χ3v) is 2.90. The molecule has 0 saturated heterocycles. The number of aryl methyl sites for hydroxylation is 1. The molecule has 0 atom stereocenters. The fraction of sp³-hybridized carbons (Fsp3) is 0.0714. The molecule has 0 bridgehead atoms. The number of H-pyrrole nitrogens is 1. The lowest BCUT2D eigenvalue weighted by Crippen LogP contribution is -2.15. The van der Waals surface area contributed by atoms with Crippen molar-refractivity contribution in [1.29, 1.82) is 0 Å². The third kappa shape index (κ3) is 2.06. The Bertz CT molecular complexity index is 733. The van der Waals surface area contributed by atoms with Gasteiger partial charge in [-0.15, -0.1) is 0 Å². The lowest BCUT2D eigenvalue weighted by molar-refractivity contribution is 0.835. The van der Waals surface area contributed by atoms with Crippen molar-refractivity contribution in [3.05, 3.63) is 57.6 Å². The molecule has 2 aromatic rings. The molecule has 1 aromatic heterocycles. The lowest BCUT2D eigenvalue weighted by atomic mass is 10.2. The maximum absolute atomic E-state index is 12.4. The number of rotatable bonds is 2. The fourth-order valence-electron chi connectivity index (χ4n) is 1.95. The molecular formula is C14H12N4O. The van der Waals surface area contributed by atoms with Gasteiger partial charge < -0.3 is 0 Å². The molecule has 0 saturated carbocycles. The van der Waals surface area contributed by atoms with E-state index in [-0.39, 0.29) is 5.56 Å². The number of nitrogens with one attached hydrogen (secondary N) is 1. The molecule has 2 heterocycles. The number of aromatic amines is 1. The first kappa shape index (κ1) is 11.4. The number of aromatic nitrogens is 2. The number of allylic oxidation sites excluding steroid dienone is 1. The van der Waals surface area contributed by atoms with Crippen LogP contribution in [0.1, 0.15) is 11.3 Å². The third-order valence-electron chi connectivity index (χ3n) is 2.90. The normalized spacial score (nSPS) is 15.5. The Kier molecular flexibility index (Phi) is 2.72. The van der Waals surface area contributed by atoms with Crippen molar-refractivity contribution < 1.29 is 0 Å². The minimum absolute atomic E-state index is 0.0910. The molecule has 94 valence electrons. The second-order valence-corrected chi connectivity index (χ2v) is 4.22. The van der Waals surface area contributed by atoms with Gasteiger partial charge in [0.1, 0.15) is 6.34 Å². The predicted octanol–water partition coefficient (Wildman–Crippen LogP) is 1.93. The summed E-state index contributed by atoms with van der Waals surface area (Å²) in [6, 6.07) is 9.46. The van der Waals surface area contributed by atoms with Gasteiger partial charge in [0, 0.05) is 5.69 Å². The molecule has 5 heteroatoms. The summed E-state index contributed by atoms with van der Waals surface area (Å²) < 4.78 is 1.53. The van der Waals surface area contributed by atoms with Gasteiger partial charge in [-0.25, -0.2) is 14.7 Å². The summed E-state index contributed by atoms with van der Waals surface area (Å²) in [5.41, 5.74) is 2.80. The summed E-state index contributed by atoms with van der Waals surface area (Å²) in [5.74, 6) is 0. The number of benzene rings is 1. The Balaban J connectivity index is 2.12. The highest BCUT2D eigenvalue weighted by Crippen LogP contribution is 2.11. The minimum Gasteiger partial charge on any atom is -0.295 e. The van der Waals surface area contributed by atoms with Crippen molar-refractivity contribution in [2.75, 3.05) is 0 Å². The van der Waals surface area contributed by atoms with Crippen LogP contribution < -0.4 is 5.56 Å². The van der Waals surface area contributed by atoms with Crippen molar-refractivity contribution in [3.8, 4) is 5.69 Å². The molecule has 19 heavy (non-hydrogen) atoms. The van der Waals surface area contributed by atoms with Crippen molar-refractivity contribution >= 4 is 18.6 Å². The van der Waals surface area contributed by atoms with Crippen LogP contribution in [0.4, 0.5) is 0 Å². The van der Waals surface area contributed by atoms with E-state index in [1.165, 1.54) is 11.0 Å². The highest BCUT2D eigenvalue weighted by Gasteiger charge is 2.11. The van der Waals surface area contributed by atoms with Gasteiger partial charge >= 0.3 is 0 Å². The monoisotopic (exact) mass is 252 g/mol. The van der Waals surface area contributed by atoms with E-state index in [9.17, 15) is 4.79 Å². The second kappa shape index (κ2) is 4.53. The Labute approximate surface area is 109 Å². The number of nitrogens with zero attached hydrogens (tertiary/aromatic N) is 3. The average molecular weight is 252 g/mol. The number of hydrogen-bond acceptors (Lipinski definition) is 3. The Morgan fingerprint density at radius 3 is 2.74 bits per heavy atom. The Hall–Kier alpha value is -2.69. The quantitative estimate of drug-likeness (QED) is 0.872. The molecule has 1 aliphatic heterocycles. The van der Waals surface area contributed by atoms with Crippen LogP contribution in [0.15, 0.2) is 50.8 Å². The lowest BCUT2D eigenvalue weighted by Gasteiger charge is -1.99. The van der Waals surface area contributed by atoms with E-state index in [0.717, 1.165) is 11.4 Å². The van der Waals surface area contributed by atoms with Crippen LogP contribution in [0, 0.1) is 6.92 Å². The smallest absolute Gasteiger partial charge is 0.278 e. The molecule has 0 spiro atoms. The molecule has 0 amide bonds. The van der Waals surface area contributed by atoms with E-state index in [4.69, 9.17) is 0 Å². The van der Waals surface area contributed by atoms with Crippen molar-refractivity contribution in [2.24, 2.45) is 9.98 Å². The van der Waals surface area contributed by atoms with E-state index < -0.39 is 0 Å². The first-order chi connectivity index (χ1) is 9.25. The summed E-state index contributed by atoms with van der Waals surface area (Å²) in [6.45, 7) is 1.86. The molecule has 0 fully saturated rings. The van der Waals surface area contributed by atoms with Crippen LogP contribution in [-0.2, 0) is 0 Å². The summed E-state index contributed by atoms with van der Waals surface area (Å²) >= 11 is 0. The summed E-state index contributed by atoms with van der Waals surface area (Å²) in [5, 5.41) is 3.07. The molecular weight excluding hydrogens is 240 g/mol. The van der Waals surface area contributed by atoms with Crippen LogP contribution in [0.5, 0.6) is 0 Å². The molecule has 1 N–H and O–H groups in total. The fourth-order valence-corrected chi connectivity index (χ4v) is 1.95. The largest absolute Gasteiger partial charge is 0.295 e. The second-order valence-electron chi connectivity index (χ2n) is 4.22. The van der Waals surface area contributed by atoms with Crippen molar-refractivity contribution in [2.45, 2.75) is 6.92 Å². The average Bonchev–Trinajstić information content (AvgIpc) is 3.03. The van der Waals surface area contributed by atoms with Crippen molar-refractivity contribution in [1.82, 2.24) is 9.78 Å². The zero-order valence-electron chi connectivity index (χ0n) is 10.4. The van der Waals surface area contributed by atoms with E-state index >= 15 is 0 Å². The van der Waals surface area contributed by atoms with E-state index in [1.807, 2.05) is 37.3 Å². The maximum atomic E-state index is 12.4. The van der Waals surface area contributed by atoms with Crippen LogP contribution >= 0.6 is 0 Å². The van der Waals surface area contributed by atoms with Crippen LogP contribution in [0.2, 0.25) is 0 Å². The van der Waals surface area contributed by atoms with Crippen LogP contribution in [0.25, 0.3) is 11.8 Å². The SMILES string of the molecule is Cc1[nH]n(-c2ccccc2)c(=O)c1C=C1C=NC=N1. The topological polar surface area (TPSA) is 62.5 Å². The summed E-state index contributed by atoms with van der Waals surface area (Å²) in [7, 11) is 0. The van der Waals surface area contributed by atoms with E-state index in [1.54, 1.807) is 12.3 Å². The van der Waals surface area contributed by atoms with Crippen LogP contribution in [0.3, 0.4) is 0 Å². The van der Waals surface area contributed by atoms with Gasteiger partial charge in [-0.3, -0.25) is 9.89 Å². The zero-order chi connectivity index (χ0) is 13.2. The maximum Gasteiger partial charge on any atom is 0.278 e. The van der Waals surface area contributed by atoms with Gasteiger partial charge in [-0.05, 0) is 25.1 Å². The first-order valence-corrected chi connectivity index (χ1v) is 5.90. The molecule has 3 rings (SSSR count). The predicted molar refractivity (Wildman–Crippen MR) is 76.1 cm³/mol. The first-order valence-electron chi connectivity index (χ1n) is 5.90. The highest BCUT2D eigenvalue weighted by atomic mass is 16.1. The zero-order valence-corrected chi connectivity index (χ0v) is 10.4. The van der Waals surface area contributed by atoms with E-state index in [0.29, 0.717) is 11.3 Å². The van der Waals surface area contributed by atoms with Crippen LogP contribution in [-0.4, -0.2) is 22.3 Å². The number of hydrogen-bond donors (Lipinski definition) is 1. The molecule has 0 unspecified atom stereocenters.